The number of likely N-dealkylation sites (N-methyl/N-ethyl adjacent to an activating group) is 1. The molecule has 0 saturated carbocycles. The van der Waals surface area contributed by atoms with Gasteiger partial charge in [0.15, 0.2) is 0 Å². The van der Waals surface area contributed by atoms with E-state index in [1.807, 2.05) is 24.3 Å². The van der Waals surface area contributed by atoms with Crippen molar-refractivity contribution in [1.82, 2.24) is 9.80 Å². The van der Waals surface area contributed by atoms with Crippen LogP contribution in [0.5, 0.6) is 11.5 Å². The van der Waals surface area contributed by atoms with Crippen molar-refractivity contribution in [3.8, 4) is 11.5 Å². The van der Waals surface area contributed by atoms with E-state index in [0.29, 0.717) is 11.5 Å². The number of hydrogen-bond donors (Lipinski definition) is 1. The van der Waals surface area contributed by atoms with Crippen molar-refractivity contribution in [3.05, 3.63) is 59.7 Å². The summed E-state index contributed by atoms with van der Waals surface area (Å²) in [5.41, 5.74) is 2.85. The minimum atomic E-state index is -0.185. The Morgan fingerprint density at radius 2 is 1.76 bits per heavy atom. The van der Waals surface area contributed by atoms with E-state index in [0.717, 1.165) is 44.0 Å². The Kier molecular flexibility index (Phi) is 7.27. The molecule has 154 valence electrons. The monoisotopic (exact) mass is 395 g/mol. The van der Waals surface area contributed by atoms with Crippen LogP contribution in [0.15, 0.2) is 48.5 Å². The largest absolute Gasteiger partial charge is 0.497 e. The first-order chi connectivity index (χ1) is 14.1. The van der Waals surface area contributed by atoms with Crippen molar-refractivity contribution in [3.63, 3.8) is 0 Å². The van der Waals surface area contributed by atoms with E-state index in [1.54, 1.807) is 26.4 Å². The topological polar surface area (TPSA) is 54.0 Å². The van der Waals surface area contributed by atoms with Gasteiger partial charge in [0.05, 0.1) is 14.2 Å². The van der Waals surface area contributed by atoms with Gasteiger partial charge in [-0.15, -0.1) is 0 Å². The second kappa shape index (κ2) is 10.1. The fourth-order valence-corrected chi connectivity index (χ4v) is 3.26. The molecule has 1 heterocycles. The fourth-order valence-electron chi connectivity index (χ4n) is 3.26. The number of nitrogens with zero attached hydrogens (tertiary/aromatic N) is 2. The van der Waals surface area contributed by atoms with Crippen LogP contribution in [0.4, 0.5) is 5.69 Å². The van der Waals surface area contributed by atoms with Crippen molar-refractivity contribution in [2.75, 3.05) is 52.8 Å². The highest BCUT2D eigenvalue weighted by molar-refractivity contribution is 6.02. The van der Waals surface area contributed by atoms with Crippen molar-refractivity contribution in [1.29, 1.82) is 0 Å². The molecular weight excluding hydrogens is 366 g/mol. The average molecular weight is 396 g/mol. The van der Waals surface area contributed by atoms with Crippen LogP contribution in [0.3, 0.4) is 0 Å². The first kappa shape index (κ1) is 20.9. The minimum absolute atomic E-state index is 0.185. The average Bonchev–Trinajstić information content (AvgIpc) is 2.75. The molecule has 2 aromatic carbocycles. The third-order valence-corrected chi connectivity index (χ3v) is 5.08. The molecule has 3 rings (SSSR count). The van der Waals surface area contributed by atoms with Gasteiger partial charge in [0.1, 0.15) is 11.5 Å². The number of hydrogen-bond acceptors (Lipinski definition) is 5. The minimum Gasteiger partial charge on any atom is -0.497 e. The molecule has 0 unspecified atom stereocenters. The zero-order chi connectivity index (χ0) is 20.6. The number of anilines is 1. The fraction of sp³-hybridized carbons (Fsp3) is 0.348. The Morgan fingerprint density at radius 3 is 2.41 bits per heavy atom. The summed E-state index contributed by atoms with van der Waals surface area (Å²) in [6.07, 6.45) is 3.23. The standard InChI is InChI=1S/C23H29N3O3/c1-25-12-14-26(15-13-25)17-18-4-8-20(9-5-18)24-23(27)11-7-19-6-10-21(28-2)16-22(19)29-3/h4-11,16H,12-15,17H2,1-3H3,(H,24,27)/b11-7+. The molecule has 1 saturated heterocycles. The molecule has 6 nitrogen and oxygen atoms in total. The number of piperazine rings is 1. The Balaban J connectivity index is 1.54. The van der Waals surface area contributed by atoms with Crippen LogP contribution in [0.1, 0.15) is 11.1 Å². The Hall–Kier alpha value is -2.83. The van der Waals surface area contributed by atoms with E-state index >= 15 is 0 Å². The molecule has 0 aliphatic carbocycles. The van der Waals surface area contributed by atoms with E-state index in [-0.39, 0.29) is 5.91 Å². The summed E-state index contributed by atoms with van der Waals surface area (Å²) in [5, 5.41) is 2.90. The lowest BCUT2D eigenvalue weighted by molar-refractivity contribution is -0.111. The number of methoxy groups -OCH3 is 2. The molecule has 1 amide bonds. The molecule has 0 bridgehead atoms. The lowest BCUT2D eigenvalue weighted by Crippen LogP contribution is -2.43. The van der Waals surface area contributed by atoms with Crippen LogP contribution >= 0.6 is 0 Å². The summed E-state index contributed by atoms with van der Waals surface area (Å²) in [5.74, 6) is 1.18. The molecule has 0 radical (unpaired) electrons. The predicted molar refractivity (Wildman–Crippen MR) is 116 cm³/mol. The molecule has 6 heteroatoms. The van der Waals surface area contributed by atoms with Gasteiger partial charge in [-0.25, -0.2) is 0 Å². The summed E-state index contributed by atoms with van der Waals surface area (Å²) < 4.78 is 10.5. The smallest absolute Gasteiger partial charge is 0.248 e. The van der Waals surface area contributed by atoms with Gasteiger partial charge in [-0.1, -0.05) is 12.1 Å². The second-order valence-corrected chi connectivity index (χ2v) is 7.21. The molecular formula is C23H29N3O3. The summed E-state index contributed by atoms with van der Waals surface area (Å²) in [6, 6.07) is 13.5. The Bertz CT molecular complexity index is 841. The number of ether oxygens (including phenoxy) is 2. The van der Waals surface area contributed by atoms with Crippen LogP contribution in [-0.4, -0.2) is 63.2 Å². The quantitative estimate of drug-likeness (QED) is 0.730. The summed E-state index contributed by atoms with van der Waals surface area (Å²) in [6.45, 7) is 5.35. The van der Waals surface area contributed by atoms with Gasteiger partial charge in [-0.2, -0.15) is 0 Å². The summed E-state index contributed by atoms with van der Waals surface area (Å²) in [4.78, 5) is 17.1. The van der Waals surface area contributed by atoms with Crippen LogP contribution in [0.2, 0.25) is 0 Å². The molecule has 0 spiro atoms. The second-order valence-electron chi connectivity index (χ2n) is 7.21. The van der Waals surface area contributed by atoms with E-state index in [1.165, 1.54) is 11.6 Å². The first-order valence-corrected chi connectivity index (χ1v) is 9.78. The third kappa shape index (κ3) is 6.07. The summed E-state index contributed by atoms with van der Waals surface area (Å²) in [7, 11) is 5.36. The SMILES string of the molecule is COc1ccc(/C=C/C(=O)Nc2ccc(CN3CCN(C)CC3)cc2)c(OC)c1. The molecule has 2 aromatic rings. The van der Waals surface area contributed by atoms with E-state index in [4.69, 9.17) is 9.47 Å². The summed E-state index contributed by atoms with van der Waals surface area (Å²) >= 11 is 0. The zero-order valence-electron chi connectivity index (χ0n) is 17.4. The highest BCUT2D eigenvalue weighted by Crippen LogP contribution is 2.25. The van der Waals surface area contributed by atoms with Crippen LogP contribution in [-0.2, 0) is 11.3 Å². The van der Waals surface area contributed by atoms with Gasteiger partial charge in [0.25, 0.3) is 0 Å². The number of nitrogens with one attached hydrogen (secondary N) is 1. The van der Waals surface area contributed by atoms with Crippen LogP contribution < -0.4 is 14.8 Å². The van der Waals surface area contributed by atoms with Gasteiger partial charge in [0.2, 0.25) is 5.91 Å². The Morgan fingerprint density at radius 1 is 1.03 bits per heavy atom. The molecule has 1 N–H and O–H groups in total. The van der Waals surface area contributed by atoms with Crippen LogP contribution in [0.25, 0.3) is 6.08 Å². The van der Waals surface area contributed by atoms with E-state index < -0.39 is 0 Å². The lowest BCUT2D eigenvalue weighted by atomic mass is 10.1. The van der Waals surface area contributed by atoms with Crippen molar-refractivity contribution >= 4 is 17.7 Å². The maximum Gasteiger partial charge on any atom is 0.248 e. The van der Waals surface area contributed by atoms with Crippen molar-refractivity contribution < 1.29 is 14.3 Å². The van der Waals surface area contributed by atoms with Gasteiger partial charge in [-0.3, -0.25) is 9.69 Å². The number of benzene rings is 2. The number of rotatable bonds is 7. The van der Waals surface area contributed by atoms with E-state index in [2.05, 4.69) is 34.3 Å². The molecule has 1 aliphatic rings. The Labute approximate surface area is 172 Å². The third-order valence-electron chi connectivity index (χ3n) is 5.08. The van der Waals surface area contributed by atoms with Gasteiger partial charge in [0, 0.05) is 56.1 Å². The number of amides is 1. The molecule has 1 fully saturated rings. The van der Waals surface area contributed by atoms with Crippen LogP contribution in [0, 0.1) is 0 Å². The van der Waals surface area contributed by atoms with Gasteiger partial charge in [-0.05, 0) is 43.0 Å². The molecule has 0 atom stereocenters. The number of carbonyl (C=O) groups excluding carboxylic acids is 1. The molecule has 29 heavy (non-hydrogen) atoms. The van der Waals surface area contributed by atoms with E-state index in [9.17, 15) is 4.79 Å². The highest BCUT2D eigenvalue weighted by Gasteiger charge is 2.13. The number of carbonyl (C=O) groups is 1. The lowest BCUT2D eigenvalue weighted by Gasteiger charge is -2.32. The molecule has 1 aliphatic heterocycles. The zero-order valence-corrected chi connectivity index (χ0v) is 17.4. The maximum atomic E-state index is 12.3. The molecule has 0 aromatic heterocycles. The predicted octanol–water partition coefficient (Wildman–Crippen LogP) is 3.10. The van der Waals surface area contributed by atoms with Gasteiger partial charge >= 0.3 is 0 Å². The normalized spacial score (nSPS) is 15.4. The maximum absolute atomic E-state index is 12.3. The van der Waals surface area contributed by atoms with Crippen molar-refractivity contribution in [2.24, 2.45) is 0 Å². The van der Waals surface area contributed by atoms with Gasteiger partial charge < -0.3 is 19.7 Å². The highest BCUT2D eigenvalue weighted by atomic mass is 16.5. The van der Waals surface area contributed by atoms with Crippen molar-refractivity contribution in [2.45, 2.75) is 6.54 Å². The first-order valence-electron chi connectivity index (χ1n) is 9.78.